The average molecular weight is 396 g/mol. The Balaban J connectivity index is 1.96. The van der Waals surface area contributed by atoms with E-state index in [0.717, 1.165) is 22.5 Å². The van der Waals surface area contributed by atoms with Crippen molar-refractivity contribution < 1.29 is 23.7 Å². The molecule has 2 aliphatic rings. The van der Waals surface area contributed by atoms with E-state index in [1.54, 1.807) is 13.1 Å². The van der Waals surface area contributed by atoms with E-state index in [1.807, 2.05) is 45.0 Å². The van der Waals surface area contributed by atoms with Crippen LogP contribution in [0.25, 0.3) is 0 Å². The molecule has 7 heteroatoms. The molecule has 2 aromatic rings. The van der Waals surface area contributed by atoms with Crippen LogP contribution in [-0.2, 0) is 9.53 Å². The second kappa shape index (κ2) is 7.66. The molecule has 1 unspecified atom stereocenters. The van der Waals surface area contributed by atoms with Gasteiger partial charge in [0.05, 0.1) is 29.8 Å². The van der Waals surface area contributed by atoms with Crippen molar-refractivity contribution in [1.82, 2.24) is 4.98 Å². The number of nitrogens with zero attached hydrogens (tertiary/aromatic N) is 1. The van der Waals surface area contributed by atoms with Gasteiger partial charge < -0.3 is 24.3 Å². The molecule has 1 atom stereocenters. The first-order valence-electron chi connectivity index (χ1n) is 9.70. The van der Waals surface area contributed by atoms with Gasteiger partial charge in [0.25, 0.3) is 0 Å². The van der Waals surface area contributed by atoms with Crippen molar-refractivity contribution >= 4 is 11.7 Å². The van der Waals surface area contributed by atoms with E-state index < -0.39 is 5.92 Å². The first-order chi connectivity index (χ1) is 14.0. The van der Waals surface area contributed by atoms with Gasteiger partial charge in [0, 0.05) is 23.1 Å². The summed E-state index contributed by atoms with van der Waals surface area (Å²) < 4.78 is 22.7. The number of carbonyl (C=O) groups is 1. The van der Waals surface area contributed by atoms with Gasteiger partial charge in [-0.3, -0.25) is 0 Å². The molecule has 0 amide bonds. The SMILES string of the molecule is CCOC(=O)C1=C(C)Nc2ccnc(OC(C)C)c2C1c1cccc2c1OCO2. The number of esters is 1. The number of anilines is 1. The molecule has 2 aliphatic heterocycles. The Kier molecular flexibility index (Phi) is 5.05. The number of aromatic nitrogens is 1. The summed E-state index contributed by atoms with van der Waals surface area (Å²) >= 11 is 0. The van der Waals surface area contributed by atoms with Crippen LogP contribution in [0.2, 0.25) is 0 Å². The maximum atomic E-state index is 13.0. The molecular weight excluding hydrogens is 372 g/mol. The van der Waals surface area contributed by atoms with E-state index in [-0.39, 0.29) is 25.5 Å². The van der Waals surface area contributed by atoms with E-state index in [9.17, 15) is 4.79 Å². The zero-order chi connectivity index (χ0) is 20.5. The third-order valence-corrected chi connectivity index (χ3v) is 4.84. The summed E-state index contributed by atoms with van der Waals surface area (Å²) in [7, 11) is 0. The maximum Gasteiger partial charge on any atom is 0.336 e. The van der Waals surface area contributed by atoms with Gasteiger partial charge in [-0.05, 0) is 39.8 Å². The predicted molar refractivity (Wildman–Crippen MR) is 107 cm³/mol. The van der Waals surface area contributed by atoms with Crippen LogP contribution >= 0.6 is 0 Å². The lowest BCUT2D eigenvalue weighted by Crippen LogP contribution is -2.26. The molecule has 0 bridgehead atoms. The standard InChI is InChI=1S/C22H24N2O5/c1-5-26-22(25)17-13(4)24-15-9-10-23-21(29-12(2)3)19(15)18(17)14-7-6-8-16-20(14)28-11-27-16/h6-10,12,18,24H,5,11H2,1-4H3. The number of pyridine rings is 1. The minimum absolute atomic E-state index is 0.0752. The zero-order valence-electron chi connectivity index (χ0n) is 16.9. The minimum atomic E-state index is -0.468. The summed E-state index contributed by atoms with van der Waals surface area (Å²) in [6.07, 6.45) is 1.62. The molecular formula is C22H24N2O5. The summed E-state index contributed by atoms with van der Waals surface area (Å²) in [5.74, 6) is 0.896. The molecule has 7 nitrogen and oxygen atoms in total. The van der Waals surface area contributed by atoms with Crippen molar-refractivity contribution in [3.63, 3.8) is 0 Å². The molecule has 0 saturated heterocycles. The van der Waals surface area contributed by atoms with Crippen molar-refractivity contribution in [3.05, 3.63) is 52.9 Å². The highest BCUT2D eigenvalue weighted by molar-refractivity contribution is 5.95. The number of rotatable bonds is 5. The lowest BCUT2D eigenvalue weighted by molar-refractivity contribution is -0.138. The van der Waals surface area contributed by atoms with Crippen LogP contribution in [0.15, 0.2) is 41.7 Å². The fourth-order valence-corrected chi connectivity index (χ4v) is 3.76. The third-order valence-electron chi connectivity index (χ3n) is 4.84. The molecule has 1 N–H and O–H groups in total. The number of benzene rings is 1. The lowest BCUT2D eigenvalue weighted by Gasteiger charge is -2.31. The van der Waals surface area contributed by atoms with Crippen molar-refractivity contribution in [1.29, 1.82) is 0 Å². The molecule has 0 saturated carbocycles. The fraction of sp³-hybridized carbons (Fsp3) is 0.364. The van der Waals surface area contributed by atoms with Crippen molar-refractivity contribution in [2.75, 3.05) is 18.7 Å². The minimum Gasteiger partial charge on any atom is -0.475 e. The van der Waals surface area contributed by atoms with Crippen molar-refractivity contribution in [3.8, 4) is 17.4 Å². The van der Waals surface area contributed by atoms with Gasteiger partial charge in [-0.2, -0.15) is 0 Å². The van der Waals surface area contributed by atoms with Gasteiger partial charge in [-0.1, -0.05) is 12.1 Å². The van der Waals surface area contributed by atoms with Crippen molar-refractivity contribution in [2.24, 2.45) is 0 Å². The largest absolute Gasteiger partial charge is 0.475 e. The average Bonchev–Trinajstić information content (AvgIpc) is 3.15. The van der Waals surface area contributed by atoms with E-state index in [4.69, 9.17) is 18.9 Å². The summed E-state index contributed by atoms with van der Waals surface area (Å²) in [6, 6.07) is 7.55. The van der Waals surface area contributed by atoms with Crippen LogP contribution in [0.1, 0.15) is 44.7 Å². The van der Waals surface area contributed by atoms with E-state index in [0.29, 0.717) is 23.0 Å². The molecule has 4 rings (SSSR count). The van der Waals surface area contributed by atoms with Crippen molar-refractivity contribution in [2.45, 2.75) is 39.7 Å². The Morgan fingerprint density at radius 1 is 1.31 bits per heavy atom. The Labute approximate surface area is 169 Å². The predicted octanol–water partition coefficient (Wildman–Crippen LogP) is 3.99. The number of hydrogen-bond acceptors (Lipinski definition) is 7. The summed E-state index contributed by atoms with van der Waals surface area (Å²) in [6.45, 7) is 7.97. The van der Waals surface area contributed by atoms with Gasteiger partial charge in [0.1, 0.15) is 0 Å². The molecule has 0 radical (unpaired) electrons. The van der Waals surface area contributed by atoms with Gasteiger partial charge in [0.2, 0.25) is 12.7 Å². The molecule has 0 aliphatic carbocycles. The summed E-state index contributed by atoms with van der Waals surface area (Å²) in [5.41, 5.74) is 3.65. The Morgan fingerprint density at radius 3 is 2.90 bits per heavy atom. The van der Waals surface area contributed by atoms with E-state index in [1.165, 1.54) is 0 Å². The molecule has 0 spiro atoms. The highest BCUT2D eigenvalue weighted by Gasteiger charge is 2.39. The maximum absolute atomic E-state index is 13.0. The smallest absolute Gasteiger partial charge is 0.336 e. The Morgan fingerprint density at radius 2 is 2.14 bits per heavy atom. The molecule has 29 heavy (non-hydrogen) atoms. The van der Waals surface area contributed by atoms with E-state index >= 15 is 0 Å². The molecule has 0 fully saturated rings. The number of ether oxygens (including phenoxy) is 4. The topological polar surface area (TPSA) is 78.9 Å². The van der Waals surface area contributed by atoms with Crippen LogP contribution in [0.3, 0.4) is 0 Å². The molecule has 1 aromatic carbocycles. The number of nitrogens with one attached hydrogen (secondary N) is 1. The second-order valence-electron chi connectivity index (χ2n) is 7.14. The fourth-order valence-electron chi connectivity index (χ4n) is 3.76. The van der Waals surface area contributed by atoms with Crippen LogP contribution < -0.4 is 19.5 Å². The number of para-hydroxylation sites is 1. The second-order valence-corrected chi connectivity index (χ2v) is 7.14. The summed E-state index contributed by atoms with van der Waals surface area (Å²) in [5, 5.41) is 3.32. The first kappa shape index (κ1) is 19.1. The quantitative estimate of drug-likeness (QED) is 0.766. The van der Waals surface area contributed by atoms with Gasteiger partial charge in [0.15, 0.2) is 11.5 Å². The number of fused-ring (bicyclic) bond motifs is 2. The first-order valence-corrected chi connectivity index (χ1v) is 9.70. The van der Waals surface area contributed by atoms with Crippen LogP contribution in [0.5, 0.6) is 17.4 Å². The molecule has 3 heterocycles. The van der Waals surface area contributed by atoms with Gasteiger partial charge >= 0.3 is 5.97 Å². The summed E-state index contributed by atoms with van der Waals surface area (Å²) in [4.78, 5) is 17.4. The van der Waals surface area contributed by atoms with Gasteiger partial charge in [-0.25, -0.2) is 9.78 Å². The highest BCUT2D eigenvalue weighted by Crippen LogP contribution is 2.50. The van der Waals surface area contributed by atoms with E-state index in [2.05, 4.69) is 10.3 Å². The zero-order valence-corrected chi connectivity index (χ0v) is 16.9. The number of allylic oxidation sites excluding steroid dienone is 1. The third kappa shape index (κ3) is 3.37. The Bertz CT molecular complexity index is 983. The monoisotopic (exact) mass is 396 g/mol. The van der Waals surface area contributed by atoms with Crippen LogP contribution in [0.4, 0.5) is 5.69 Å². The lowest BCUT2D eigenvalue weighted by atomic mass is 9.80. The molecule has 152 valence electrons. The Hall–Kier alpha value is -3.22. The highest BCUT2D eigenvalue weighted by atomic mass is 16.7. The van der Waals surface area contributed by atoms with Crippen LogP contribution in [0, 0.1) is 0 Å². The number of hydrogen-bond donors (Lipinski definition) is 1. The molecule has 1 aromatic heterocycles. The van der Waals surface area contributed by atoms with Crippen LogP contribution in [-0.4, -0.2) is 30.5 Å². The normalized spacial score (nSPS) is 17.1. The van der Waals surface area contributed by atoms with Gasteiger partial charge in [-0.15, -0.1) is 0 Å². The number of carbonyl (C=O) groups excluding carboxylic acids is 1.